The summed E-state index contributed by atoms with van der Waals surface area (Å²) in [6.07, 6.45) is 0. The minimum Gasteiger partial charge on any atom is -0.480 e. The fourth-order valence-corrected chi connectivity index (χ4v) is 0.453. The zero-order valence-corrected chi connectivity index (χ0v) is 6.60. The maximum atomic E-state index is 9.24. The van der Waals surface area contributed by atoms with Crippen LogP contribution in [0.15, 0.2) is 30.3 Å². The van der Waals surface area contributed by atoms with Crippen LogP contribution >= 0.6 is 0 Å². The quantitative estimate of drug-likeness (QED) is 0.526. The molecule has 4 heteroatoms. The Bertz CT molecular complexity index is 224. The standard InChI is InChI=1S/C6H7N.C2H5NO2/c7-6-4-2-1-3-5-6;3-1-2(4)5/h1-5H,7H2;1,3H2,(H,4,5). The molecule has 1 rings (SSSR count). The molecule has 0 atom stereocenters. The Balaban J connectivity index is 0.000000217. The zero-order chi connectivity index (χ0) is 9.40. The van der Waals surface area contributed by atoms with E-state index in [4.69, 9.17) is 10.8 Å². The van der Waals surface area contributed by atoms with Crippen LogP contribution in [0, 0.1) is 0 Å². The number of anilines is 1. The topological polar surface area (TPSA) is 89.3 Å². The predicted molar refractivity (Wildman–Crippen MR) is 47.5 cm³/mol. The molecule has 0 fully saturated rings. The van der Waals surface area contributed by atoms with E-state index in [1.165, 1.54) is 0 Å². The summed E-state index contributed by atoms with van der Waals surface area (Å²) in [5, 5.41) is 7.60. The van der Waals surface area contributed by atoms with Gasteiger partial charge in [0.25, 0.3) is 0 Å². The highest BCUT2D eigenvalue weighted by Crippen LogP contribution is 1.95. The van der Waals surface area contributed by atoms with Crippen LogP contribution in [0.1, 0.15) is 0 Å². The Labute approximate surface area is 70.8 Å². The molecule has 0 radical (unpaired) electrons. The van der Waals surface area contributed by atoms with Crippen molar-refractivity contribution in [2.24, 2.45) is 5.73 Å². The first kappa shape index (κ1) is 10.4. The first-order valence-corrected chi connectivity index (χ1v) is 3.39. The second-order valence-corrected chi connectivity index (χ2v) is 2.01. The molecular formula is C8H12N2O2. The van der Waals surface area contributed by atoms with Gasteiger partial charge in [0.05, 0.1) is 6.54 Å². The highest BCUT2D eigenvalue weighted by molar-refractivity contribution is 5.68. The van der Waals surface area contributed by atoms with E-state index >= 15 is 0 Å². The summed E-state index contributed by atoms with van der Waals surface area (Å²) < 4.78 is 0. The Morgan fingerprint density at radius 1 is 1.33 bits per heavy atom. The number of nitrogens with two attached hydrogens (primary N) is 2. The van der Waals surface area contributed by atoms with Crippen LogP contribution < -0.4 is 11.5 Å². The molecule has 0 aliphatic heterocycles. The van der Waals surface area contributed by atoms with Crippen LogP contribution in [0.2, 0.25) is 0 Å². The number of benzene rings is 1. The molecule has 12 heavy (non-hydrogen) atoms. The molecule has 0 heterocycles. The summed E-state index contributed by atoms with van der Waals surface area (Å²) in [7, 11) is 0. The molecule has 0 saturated carbocycles. The van der Waals surface area contributed by atoms with E-state index in [1.807, 2.05) is 30.3 Å². The van der Waals surface area contributed by atoms with E-state index in [9.17, 15) is 4.79 Å². The molecule has 0 aromatic heterocycles. The van der Waals surface area contributed by atoms with Crippen LogP contribution in [0.25, 0.3) is 0 Å². The third-order valence-corrected chi connectivity index (χ3v) is 0.974. The van der Waals surface area contributed by atoms with E-state index in [-0.39, 0.29) is 6.54 Å². The number of hydrogen-bond acceptors (Lipinski definition) is 3. The van der Waals surface area contributed by atoms with Crippen LogP contribution in [0.3, 0.4) is 0 Å². The lowest BCUT2D eigenvalue weighted by molar-refractivity contribution is -0.135. The summed E-state index contributed by atoms with van der Waals surface area (Å²) in [6, 6.07) is 9.49. The lowest BCUT2D eigenvalue weighted by Crippen LogP contribution is -2.10. The lowest BCUT2D eigenvalue weighted by atomic mass is 10.3. The van der Waals surface area contributed by atoms with Gasteiger partial charge in [-0.15, -0.1) is 0 Å². The van der Waals surface area contributed by atoms with Gasteiger partial charge in [0.2, 0.25) is 0 Å². The number of aliphatic carboxylic acids is 1. The minimum absolute atomic E-state index is 0.278. The maximum Gasteiger partial charge on any atom is 0.317 e. The summed E-state index contributed by atoms with van der Waals surface area (Å²) in [5.41, 5.74) is 10.8. The van der Waals surface area contributed by atoms with Crippen LogP contribution in [0.4, 0.5) is 5.69 Å². The van der Waals surface area contributed by atoms with Gasteiger partial charge < -0.3 is 16.6 Å². The monoisotopic (exact) mass is 168 g/mol. The molecule has 0 aliphatic carbocycles. The van der Waals surface area contributed by atoms with Gasteiger partial charge in [0.15, 0.2) is 0 Å². The van der Waals surface area contributed by atoms with Gasteiger partial charge >= 0.3 is 5.97 Å². The minimum atomic E-state index is -0.968. The molecule has 0 spiro atoms. The summed E-state index contributed by atoms with van der Waals surface area (Å²) in [6.45, 7) is -0.278. The Hall–Kier alpha value is -1.55. The molecule has 5 N–H and O–H groups in total. The number of nitrogen functional groups attached to an aromatic ring is 1. The lowest BCUT2D eigenvalue weighted by Gasteiger charge is -1.83. The number of hydrogen-bond donors (Lipinski definition) is 3. The molecule has 4 nitrogen and oxygen atoms in total. The second-order valence-electron chi connectivity index (χ2n) is 2.01. The van der Waals surface area contributed by atoms with Crippen molar-refractivity contribution in [2.45, 2.75) is 0 Å². The van der Waals surface area contributed by atoms with E-state index in [0.29, 0.717) is 0 Å². The fraction of sp³-hybridized carbons (Fsp3) is 0.125. The maximum absolute atomic E-state index is 9.24. The highest BCUT2D eigenvalue weighted by Gasteiger charge is 1.81. The van der Waals surface area contributed by atoms with E-state index in [0.717, 1.165) is 5.69 Å². The van der Waals surface area contributed by atoms with Crippen molar-refractivity contribution >= 4 is 11.7 Å². The van der Waals surface area contributed by atoms with Gasteiger partial charge in [-0.05, 0) is 12.1 Å². The molecule has 1 aromatic rings. The van der Waals surface area contributed by atoms with Crippen molar-refractivity contribution < 1.29 is 9.90 Å². The van der Waals surface area contributed by atoms with Gasteiger partial charge in [-0.3, -0.25) is 4.79 Å². The third kappa shape index (κ3) is 6.57. The van der Waals surface area contributed by atoms with Crippen LogP contribution in [0.5, 0.6) is 0 Å². The second kappa shape index (κ2) is 6.18. The number of carboxylic acid groups (broad SMARTS) is 1. The molecule has 0 aliphatic rings. The summed E-state index contributed by atoms with van der Waals surface area (Å²) >= 11 is 0. The third-order valence-electron chi connectivity index (χ3n) is 0.974. The molecule has 0 unspecified atom stereocenters. The Morgan fingerprint density at radius 2 is 1.75 bits per heavy atom. The molecule has 0 bridgehead atoms. The van der Waals surface area contributed by atoms with Gasteiger partial charge in [-0.25, -0.2) is 0 Å². The Morgan fingerprint density at radius 3 is 1.92 bits per heavy atom. The predicted octanol–water partition coefficient (Wildman–Crippen LogP) is 0.299. The number of carbonyl (C=O) groups is 1. The normalized spacial score (nSPS) is 8.08. The van der Waals surface area contributed by atoms with E-state index in [1.54, 1.807) is 0 Å². The van der Waals surface area contributed by atoms with Crippen molar-refractivity contribution in [2.75, 3.05) is 12.3 Å². The average Bonchev–Trinajstić information content (AvgIpc) is 2.07. The molecular weight excluding hydrogens is 156 g/mol. The first-order chi connectivity index (χ1) is 5.66. The molecule has 66 valence electrons. The van der Waals surface area contributed by atoms with Gasteiger partial charge in [-0.1, -0.05) is 18.2 Å². The first-order valence-electron chi connectivity index (χ1n) is 3.39. The highest BCUT2D eigenvalue weighted by atomic mass is 16.4. The van der Waals surface area contributed by atoms with Crippen LogP contribution in [-0.4, -0.2) is 17.6 Å². The smallest absolute Gasteiger partial charge is 0.317 e. The number of para-hydroxylation sites is 1. The molecule has 0 amide bonds. The van der Waals surface area contributed by atoms with Crippen LogP contribution in [-0.2, 0) is 4.79 Å². The van der Waals surface area contributed by atoms with Crippen molar-refractivity contribution in [1.82, 2.24) is 0 Å². The van der Waals surface area contributed by atoms with E-state index < -0.39 is 5.97 Å². The SMILES string of the molecule is NCC(=O)O.Nc1ccccc1. The van der Waals surface area contributed by atoms with Crippen molar-refractivity contribution in [1.29, 1.82) is 0 Å². The summed E-state index contributed by atoms with van der Waals surface area (Å²) in [4.78, 5) is 9.24. The van der Waals surface area contributed by atoms with Crippen molar-refractivity contribution in [3.05, 3.63) is 30.3 Å². The zero-order valence-electron chi connectivity index (χ0n) is 6.60. The van der Waals surface area contributed by atoms with Crippen molar-refractivity contribution in [3.63, 3.8) is 0 Å². The average molecular weight is 168 g/mol. The van der Waals surface area contributed by atoms with Gasteiger partial charge in [0.1, 0.15) is 0 Å². The summed E-state index contributed by atoms with van der Waals surface area (Å²) in [5.74, 6) is -0.968. The number of rotatable bonds is 1. The largest absolute Gasteiger partial charge is 0.480 e. The molecule has 1 aromatic carbocycles. The van der Waals surface area contributed by atoms with Gasteiger partial charge in [0, 0.05) is 5.69 Å². The number of carboxylic acids is 1. The molecule has 0 saturated heterocycles. The fourth-order valence-electron chi connectivity index (χ4n) is 0.453. The Kier molecular flexibility index (Phi) is 5.38. The van der Waals surface area contributed by atoms with Gasteiger partial charge in [-0.2, -0.15) is 0 Å². The van der Waals surface area contributed by atoms with Crippen molar-refractivity contribution in [3.8, 4) is 0 Å². The van der Waals surface area contributed by atoms with E-state index in [2.05, 4.69) is 5.73 Å².